The second kappa shape index (κ2) is 10.6. The molecule has 0 aliphatic rings. The Bertz CT molecular complexity index is 868. The Kier molecular flexibility index (Phi) is 7.12. The molecule has 0 spiro atoms. The van der Waals surface area contributed by atoms with Crippen molar-refractivity contribution in [3.8, 4) is 0 Å². The van der Waals surface area contributed by atoms with Crippen LogP contribution in [0.2, 0.25) is 0 Å². The molecule has 4 rings (SSSR count). The van der Waals surface area contributed by atoms with E-state index in [2.05, 4.69) is 109 Å². The largest absolute Gasteiger partial charge is 0.0622 e. The van der Waals surface area contributed by atoms with Gasteiger partial charge in [0, 0.05) is 0 Å². The molecule has 0 atom stereocenters. The van der Waals surface area contributed by atoms with E-state index in [1.807, 2.05) is 0 Å². The Hall–Kier alpha value is -3.12. The van der Waals surface area contributed by atoms with Crippen molar-refractivity contribution in [3.05, 3.63) is 143 Å². The minimum atomic E-state index is 1.04. The summed E-state index contributed by atoms with van der Waals surface area (Å²) in [6.07, 6.45) is 6.38. The van der Waals surface area contributed by atoms with E-state index in [4.69, 9.17) is 0 Å². The van der Waals surface area contributed by atoms with Crippen LogP contribution in [0.4, 0.5) is 0 Å². The van der Waals surface area contributed by atoms with Crippen LogP contribution >= 0.6 is 0 Å². The average Bonchev–Trinajstić information content (AvgIpc) is 2.82. The van der Waals surface area contributed by atoms with E-state index in [0.717, 1.165) is 38.5 Å². The normalized spacial score (nSPS) is 10.8. The van der Waals surface area contributed by atoms with Crippen LogP contribution in [0.5, 0.6) is 0 Å². The zero-order valence-corrected chi connectivity index (χ0v) is 17.6. The summed E-state index contributed by atoms with van der Waals surface area (Å²) in [6, 6.07) is 40.8. The van der Waals surface area contributed by atoms with Crippen LogP contribution in [-0.4, -0.2) is 0 Å². The molecule has 149 valence electrons. The predicted molar refractivity (Wildman–Crippen MR) is 127 cm³/mol. The molecule has 0 heteroatoms. The fraction of sp³-hybridized carbons (Fsp3) is 0.200. The number of aryl methyl sites for hydroxylation is 6. The van der Waals surface area contributed by atoms with Gasteiger partial charge in [-0.2, -0.15) is 0 Å². The van der Waals surface area contributed by atoms with Gasteiger partial charge in [-0.25, -0.2) is 0 Å². The highest BCUT2D eigenvalue weighted by Gasteiger charge is 2.05. The van der Waals surface area contributed by atoms with E-state index in [0.29, 0.717) is 0 Å². The predicted octanol–water partition coefficient (Wildman–Crippen LogP) is 6.84. The molecule has 1 radical (unpaired) electrons. The smallest absolute Gasteiger partial charge is 0.0114 e. The molecule has 4 aromatic carbocycles. The maximum Gasteiger partial charge on any atom is -0.0114 e. The molecule has 4 aromatic rings. The van der Waals surface area contributed by atoms with Gasteiger partial charge >= 0.3 is 0 Å². The molecule has 0 unspecified atom stereocenters. The molecule has 30 heavy (non-hydrogen) atoms. The summed E-state index contributed by atoms with van der Waals surface area (Å²) in [4.78, 5) is 0. The molecule has 0 heterocycles. The van der Waals surface area contributed by atoms with Crippen molar-refractivity contribution in [3.63, 3.8) is 0 Å². The average molecular weight is 390 g/mol. The first kappa shape index (κ1) is 20.2. The van der Waals surface area contributed by atoms with E-state index in [-0.39, 0.29) is 0 Å². The van der Waals surface area contributed by atoms with Gasteiger partial charge in [-0.05, 0) is 78.0 Å². The first-order chi connectivity index (χ1) is 14.8. The lowest BCUT2D eigenvalue weighted by molar-refractivity contribution is 0.900. The second-order valence-corrected chi connectivity index (χ2v) is 8.00. The summed E-state index contributed by atoms with van der Waals surface area (Å²) in [5.41, 5.74) is 8.31. The van der Waals surface area contributed by atoms with Crippen LogP contribution in [0.1, 0.15) is 33.4 Å². The summed E-state index contributed by atoms with van der Waals surface area (Å²) < 4.78 is 0. The van der Waals surface area contributed by atoms with E-state index in [1.54, 1.807) is 0 Å². The van der Waals surface area contributed by atoms with Crippen LogP contribution in [0.25, 0.3) is 0 Å². The van der Waals surface area contributed by atoms with E-state index < -0.39 is 0 Å². The van der Waals surface area contributed by atoms with Crippen molar-refractivity contribution in [2.45, 2.75) is 38.5 Å². The summed E-state index contributed by atoms with van der Waals surface area (Å²) in [5.74, 6) is 0. The third-order valence-electron chi connectivity index (χ3n) is 5.64. The summed E-state index contributed by atoms with van der Waals surface area (Å²) in [5, 5.41) is 0. The van der Waals surface area contributed by atoms with Gasteiger partial charge in [-0.3, -0.25) is 0 Å². The topological polar surface area (TPSA) is 0 Å². The molecular formula is C30H29. The summed E-state index contributed by atoms with van der Waals surface area (Å²) in [6.45, 7) is 0. The zero-order chi connectivity index (χ0) is 20.4. The molecule has 0 amide bonds. The standard InChI is InChI=1S/C30H29/c1-4-10-25(11-5-1)16-19-28-22-29(20-17-26-12-6-2-7-13-26)24-30(23-28)21-18-27-14-8-3-9-15-27/h1-15,22-23H,16-21H2. The van der Waals surface area contributed by atoms with Crippen molar-refractivity contribution >= 4 is 0 Å². The van der Waals surface area contributed by atoms with Gasteiger partial charge < -0.3 is 0 Å². The van der Waals surface area contributed by atoms with Gasteiger partial charge in [0.25, 0.3) is 0 Å². The maximum absolute atomic E-state index is 3.72. The lowest BCUT2D eigenvalue weighted by Crippen LogP contribution is -2.00. The van der Waals surface area contributed by atoms with Crippen molar-refractivity contribution < 1.29 is 0 Å². The number of benzene rings is 4. The lowest BCUT2D eigenvalue weighted by atomic mass is 9.94. The van der Waals surface area contributed by atoms with E-state index in [9.17, 15) is 0 Å². The minimum absolute atomic E-state index is 1.04. The first-order valence-electron chi connectivity index (χ1n) is 11.0. The van der Waals surface area contributed by atoms with Crippen LogP contribution in [0.15, 0.2) is 103 Å². The third-order valence-corrected chi connectivity index (χ3v) is 5.64. The molecule has 0 N–H and O–H groups in total. The van der Waals surface area contributed by atoms with Gasteiger partial charge in [0.05, 0.1) is 0 Å². The van der Waals surface area contributed by atoms with Gasteiger partial charge in [-0.1, -0.05) is 103 Å². The van der Waals surface area contributed by atoms with Crippen molar-refractivity contribution in [1.82, 2.24) is 0 Å². The van der Waals surface area contributed by atoms with Crippen LogP contribution in [0.3, 0.4) is 0 Å². The van der Waals surface area contributed by atoms with Crippen molar-refractivity contribution in [1.29, 1.82) is 0 Å². The van der Waals surface area contributed by atoms with E-state index in [1.165, 1.54) is 33.4 Å². The lowest BCUT2D eigenvalue weighted by Gasteiger charge is -2.11. The van der Waals surface area contributed by atoms with Crippen LogP contribution < -0.4 is 0 Å². The highest BCUT2D eigenvalue weighted by molar-refractivity contribution is 5.32. The molecule has 0 aliphatic carbocycles. The monoisotopic (exact) mass is 389 g/mol. The summed E-state index contributed by atoms with van der Waals surface area (Å²) >= 11 is 0. The molecule has 0 aliphatic heterocycles. The van der Waals surface area contributed by atoms with Gasteiger partial charge in [-0.15, -0.1) is 0 Å². The number of rotatable bonds is 9. The highest BCUT2D eigenvalue weighted by Crippen LogP contribution is 2.17. The molecule has 0 nitrogen and oxygen atoms in total. The SMILES string of the molecule is [c]1c(CCc2ccccc2)cc(CCc2ccccc2)cc1CCc1ccccc1. The zero-order valence-electron chi connectivity index (χ0n) is 17.6. The fourth-order valence-corrected chi connectivity index (χ4v) is 3.96. The molecule has 0 saturated carbocycles. The van der Waals surface area contributed by atoms with E-state index >= 15 is 0 Å². The van der Waals surface area contributed by atoms with Crippen molar-refractivity contribution in [2.75, 3.05) is 0 Å². The minimum Gasteiger partial charge on any atom is -0.0622 e. The van der Waals surface area contributed by atoms with Gasteiger partial charge in [0.1, 0.15) is 0 Å². The number of hydrogen-bond acceptors (Lipinski definition) is 0. The van der Waals surface area contributed by atoms with Gasteiger partial charge in [0.2, 0.25) is 0 Å². The molecule has 0 saturated heterocycles. The van der Waals surface area contributed by atoms with Gasteiger partial charge in [0.15, 0.2) is 0 Å². The Labute approximate surface area is 181 Å². The summed E-state index contributed by atoms with van der Waals surface area (Å²) in [7, 11) is 0. The first-order valence-corrected chi connectivity index (χ1v) is 11.0. The number of hydrogen-bond donors (Lipinski definition) is 0. The highest BCUT2D eigenvalue weighted by atomic mass is 14.1. The maximum atomic E-state index is 3.72. The molecule has 0 fully saturated rings. The Balaban J connectivity index is 1.48. The van der Waals surface area contributed by atoms with Crippen LogP contribution in [-0.2, 0) is 38.5 Å². The Morgan fingerprint density at radius 3 is 1.10 bits per heavy atom. The molecule has 0 aromatic heterocycles. The van der Waals surface area contributed by atoms with Crippen LogP contribution in [0, 0.1) is 6.07 Å². The molecular weight excluding hydrogens is 360 g/mol. The van der Waals surface area contributed by atoms with Crippen molar-refractivity contribution in [2.24, 2.45) is 0 Å². The Morgan fingerprint density at radius 2 is 0.700 bits per heavy atom. The fourth-order valence-electron chi connectivity index (χ4n) is 3.96. The Morgan fingerprint density at radius 1 is 0.367 bits per heavy atom. The third kappa shape index (κ3) is 6.19. The molecule has 0 bridgehead atoms. The second-order valence-electron chi connectivity index (χ2n) is 8.00. The quantitative estimate of drug-likeness (QED) is 0.294.